The van der Waals surface area contributed by atoms with E-state index >= 15 is 0 Å². The molecule has 0 bridgehead atoms. The zero-order valence-electron chi connectivity index (χ0n) is 8.04. The SMILES string of the molecule is O=C(Nc1cccc(Br)c1)c1ccc(Cl)o1. The molecule has 1 aromatic carbocycles. The van der Waals surface area contributed by atoms with Crippen LogP contribution in [0.2, 0.25) is 5.22 Å². The van der Waals surface area contributed by atoms with Crippen molar-refractivity contribution in [2.24, 2.45) is 0 Å². The standard InChI is InChI=1S/C11H7BrClNO2/c12-7-2-1-3-8(6-7)14-11(15)9-4-5-10(13)16-9/h1-6H,(H,14,15). The van der Waals surface area contributed by atoms with E-state index in [1.807, 2.05) is 12.1 Å². The van der Waals surface area contributed by atoms with E-state index < -0.39 is 0 Å². The molecule has 0 spiro atoms. The predicted octanol–water partition coefficient (Wildman–Crippen LogP) is 3.95. The molecular weight excluding hydrogens is 293 g/mol. The molecule has 82 valence electrons. The van der Waals surface area contributed by atoms with E-state index in [0.29, 0.717) is 5.69 Å². The number of carbonyl (C=O) groups excluding carboxylic acids is 1. The second-order valence-electron chi connectivity index (χ2n) is 3.07. The molecule has 0 radical (unpaired) electrons. The van der Waals surface area contributed by atoms with Crippen LogP contribution in [0.1, 0.15) is 10.6 Å². The van der Waals surface area contributed by atoms with Crippen LogP contribution in [0.25, 0.3) is 0 Å². The van der Waals surface area contributed by atoms with Crippen LogP contribution in [-0.4, -0.2) is 5.91 Å². The number of amides is 1. The van der Waals surface area contributed by atoms with Gasteiger partial charge in [0.2, 0.25) is 0 Å². The van der Waals surface area contributed by atoms with Crippen LogP contribution in [0.4, 0.5) is 5.69 Å². The third-order valence-corrected chi connectivity index (χ3v) is 2.58. The zero-order chi connectivity index (χ0) is 11.5. The Kier molecular flexibility index (Phi) is 3.31. The molecule has 0 fully saturated rings. The molecule has 1 heterocycles. The van der Waals surface area contributed by atoms with Crippen molar-refractivity contribution in [2.75, 3.05) is 5.32 Å². The maximum absolute atomic E-state index is 11.7. The molecule has 2 rings (SSSR count). The molecule has 0 atom stereocenters. The van der Waals surface area contributed by atoms with Gasteiger partial charge in [-0.3, -0.25) is 4.79 Å². The molecule has 1 N–H and O–H groups in total. The van der Waals surface area contributed by atoms with Crippen molar-refractivity contribution in [3.8, 4) is 0 Å². The maximum Gasteiger partial charge on any atom is 0.291 e. The van der Waals surface area contributed by atoms with Crippen LogP contribution in [0.15, 0.2) is 45.3 Å². The van der Waals surface area contributed by atoms with Crippen molar-refractivity contribution in [3.63, 3.8) is 0 Å². The van der Waals surface area contributed by atoms with Gasteiger partial charge in [-0.05, 0) is 41.9 Å². The van der Waals surface area contributed by atoms with E-state index in [1.165, 1.54) is 12.1 Å². The Hall–Kier alpha value is -1.26. The van der Waals surface area contributed by atoms with Crippen molar-refractivity contribution in [1.29, 1.82) is 0 Å². The zero-order valence-corrected chi connectivity index (χ0v) is 10.4. The van der Waals surface area contributed by atoms with Crippen molar-refractivity contribution in [1.82, 2.24) is 0 Å². The summed E-state index contributed by atoms with van der Waals surface area (Å²) in [5.74, 6) is -0.144. The minimum atomic E-state index is -0.329. The first-order valence-corrected chi connectivity index (χ1v) is 5.64. The smallest absolute Gasteiger partial charge is 0.291 e. The highest BCUT2D eigenvalue weighted by molar-refractivity contribution is 9.10. The summed E-state index contributed by atoms with van der Waals surface area (Å²) >= 11 is 8.90. The molecule has 5 heteroatoms. The monoisotopic (exact) mass is 299 g/mol. The number of carbonyl (C=O) groups is 1. The van der Waals surface area contributed by atoms with Crippen LogP contribution in [0.5, 0.6) is 0 Å². The summed E-state index contributed by atoms with van der Waals surface area (Å²) in [5.41, 5.74) is 0.687. The largest absolute Gasteiger partial charge is 0.440 e. The van der Waals surface area contributed by atoms with Crippen molar-refractivity contribution in [2.45, 2.75) is 0 Å². The average Bonchev–Trinajstić information content (AvgIpc) is 2.65. The first-order valence-electron chi connectivity index (χ1n) is 4.47. The Morgan fingerprint density at radius 3 is 2.75 bits per heavy atom. The van der Waals surface area contributed by atoms with Gasteiger partial charge >= 0.3 is 0 Å². The second-order valence-corrected chi connectivity index (χ2v) is 4.36. The Bertz CT molecular complexity index is 524. The van der Waals surface area contributed by atoms with Crippen molar-refractivity contribution < 1.29 is 9.21 Å². The molecule has 0 unspecified atom stereocenters. The van der Waals surface area contributed by atoms with Gasteiger partial charge < -0.3 is 9.73 Å². The van der Waals surface area contributed by atoms with Crippen LogP contribution in [0, 0.1) is 0 Å². The van der Waals surface area contributed by atoms with Gasteiger partial charge in [0.05, 0.1) is 0 Å². The van der Waals surface area contributed by atoms with Gasteiger partial charge in [-0.25, -0.2) is 0 Å². The molecule has 1 aromatic heterocycles. The van der Waals surface area contributed by atoms with Crippen molar-refractivity contribution >= 4 is 39.1 Å². The van der Waals surface area contributed by atoms with E-state index in [2.05, 4.69) is 21.2 Å². The molecule has 0 aliphatic carbocycles. The van der Waals surface area contributed by atoms with Gasteiger partial charge in [0.15, 0.2) is 11.0 Å². The Balaban J connectivity index is 2.13. The van der Waals surface area contributed by atoms with Crippen LogP contribution in [0.3, 0.4) is 0 Å². The van der Waals surface area contributed by atoms with Gasteiger partial charge in [0.1, 0.15) is 0 Å². The van der Waals surface area contributed by atoms with Gasteiger partial charge in [0.25, 0.3) is 5.91 Å². The third kappa shape index (κ3) is 2.65. The highest BCUT2D eigenvalue weighted by atomic mass is 79.9. The quantitative estimate of drug-likeness (QED) is 0.912. The van der Waals surface area contributed by atoms with Crippen LogP contribution < -0.4 is 5.32 Å². The molecule has 2 aromatic rings. The van der Waals surface area contributed by atoms with Gasteiger partial charge in [-0.1, -0.05) is 22.0 Å². The molecule has 1 amide bonds. The van der Waals surface area contributed by atoms with Gasteiger partial charge in [-0.15, -0.1) is 0 Å². The number of rotatable bonds is 2. The number of hydrogen-bond donors (Lipinski definition) is 1. The molecular formula is C11H7BrClNO2. The second kappa shape index (κ2) is 4.72. The summed E-state index contributed by atoms with van der Waals surface area (Å²) in [6, 6.07) is 10.3. The third-order valence-electron chi connectivity index (χ3n) is 1.88. The summed E-state index contributed by atoms with van der Waals surface area (Å²) in [6.45, 7) is 0. The number of anilines is 1. The minimum Gasteiger partial charge on any atom is -0.440 e. The van der Waals surface area contributed by atoms with E-state index in [9.17, 15) is 4.79 Å². The average molecular weight is 301 g/mol. The number of hydrogen-bond acceptors (Lipinski definition) is 2. The topological polar surface area (TPSA) is 42.2 Å². The first kappa shape index (κ1) is 11.2. The molecule has 16 heavy (non-hydrogen) atoms. The number of furan rings is 1. The first-order chi connectivity index (χ1) is 7.65. The number of benzene rings is 1. The number of nitrogens with one attached hydrogen (secondary N) is 1. The summed E-state index contributed by atoms with van der Waals surface area (Å²) < 4.78 is 5.88. The highest BCUT2D eigenvalue weighted by Gasteiger charge is 2.10. The lowest BCUT2D eigenvalue weighted by atomic mass is 10.3. The lowest BCUT2D eigenvalue weighted by molar-refractivity contribution is 0.0997. The Morgan fingerprint density at radius 2 is 2.12 bits per heavy atom. The van der Waals surface area contributed by atoms with E-state index in [1.54, 1.807) is 12.1 Å². The molecule has 0 aliphatic rings. The summed E-state index contributed by atoms with van der Waals surface area (Å²) in [6.07, 6.45) is 0. The fourth-order valence-electron chi connectivity index (χ4n) is 1.20. The van der Waals surface area contributed by atoms with Gasteiger partial charge in [-0.2, -0.15) is 0 Å². The van der Waals surface area contributed by atoms with E-state index in [4.69, 9.17) is 16.0 Å². The Labute approximate surface area is 106 Å². The fraction of sp³-hybridized carbons (Fsp3) is 0. The lowest BCUT2D eigenvalue weighted by Gasteiger charge is -2.02. The highest BCUT2D eigenvalue weighted by Crippen LogP contribution is 2.18. The molecule has 3 nitrogen and oxygen atoms in total. The van der Waals surface area contributed by atoms with Gasteiger partial charge in [0, 0.05) is 10.2 Å². The Morgan fingerprint density at radius 1 is 1.31 bits per heavy atom. The number of halogens is 2. The normalized spacial score (nSPS) is 10.1. The van der Waals surface area contributed by atoms with Crippen molar-refractivity contribution in [3.05, 3.63) is 51.9 Å². The van der Waals surface area contributed by atoms with E-state index in [-0.39, 0.29) is 16.9 Å². The maximum atomic E-state index is 11.7. The molecule has 0 aliphatic heterocycles. The molecule has 0 saturated carbocycles. The summed E-state index contributed by atoms with van der Waals surface area (Å²) in [5, 5.41) is 2.88. The van der Waals surface area contributed by atoms with E-state index in [0.717, 1.165) is 4.47 Å². The van der Waals surface area contributed by atoms with Crippen LogP contribution in [-0.2, 0) is 0 Å². The van der Waals surface area contributed by atoms with Crippen LogP contribution >= 0.6 is 27.5 Å². The fourth-order valence-corrected chi connectivity index (χ4v) is 1.74. The summed E-state index contributed by atoms with van der Waals surface area (Å²) in [7, 11) is 0. The lowest BCUT2D eigenvalue weighted by Crippen LogP contribution is -2.10. The summed E-state index contributed by atoms with van der Waals surface area (Å²) in [4.78, 5) is 11.7. The minimum absolute atomic E-state index is 0.185. The predicted molar refractivity (Wildman–Crippen MR) is 65.8 cm³/mol. The molecule has 0 saturated heterocycles.